The van der Waals surface area contributed by atoms with Gasteiger partial charge in [-0.05, 0) is 12.1 Å². The van der Waals surface area contributed by atoms with Gasteiger partial charge in [0.25, 0.3) is 5.91 Å². The Balaban J connectivity index is 2.20. The number of hydrogen-bond acceptors (Lipinski definition) is 2. The van der Waals surface area contributed by atoms with E-state index >= 15 is 0 Å². The zero-order valence-corrected chi connectivity index (χ0v) is 11.2. The average Bonchev–Trinajstić information content (AvgIpc) is 2.44. The maximum Gasteiger partial charge on any atom is 0.324 e. The fourth-order valence-electron chi connectivity index (χ4n) is 1.62. The molecule has 0 aliphatic rings. The fourth-order valence-corrected chi connectivity index (χ4v) is 1.88. The number of halogens is 5. The molecule has 0 bridgehead atoms. The van der Waals surface area contributed by atoms with E-state index < -0.39 is 24.8 Å². The van der Waals surface area contributed by atoms with E-state index in [-0.39, 0.29) is 10.7 Å². The molecule has 21 heavy (non-hydrogen) atoms. The highest BCUT2D eigenvalue weighted by molar-refractivity contribution is 6.35. The number of para-hydroxylation sites is 1. The van der Waals surface area contributed by atoms with Gasteiger partial charge in [-0.2, -0.15) is 8.78 Å². The molecule has 0 unspecified atom stereocenters. The summed E-state index contributed by atoms with van der Waals surface area (Å²) in [6, 6.07) is 7.85. The van der Waals surface area contributed by atoms with Crippen LogP contribution < -0.4 is 5.32 Å². The summed E-state index contributed by atoms with van der Waals surface area (Å²) in [5.74, 6) is -5.29. The van der Waals surface area contributed by atoms with E-state index in [4.69, 9.17) is 11.6 Å². The molecule has 0 saturated heterocycles. The van der Waals surface area contributed by atoms with Gasteiger partial charge in [0, 0.05) is 5.39 Å². The van der Waals surface area contributed by atoms with Gasteiger partial charge >= 0.3 is 12.3 Å². The van der Waals surface area contributed by atoms with Crippen LogP contribution in [0.15, 0.2) is 30.3 Å². The molecular formula is C13H9ClF4N2O. The second-order valence-electron chi connectivity index (χ2n) is 4.25. The summed E-state index contributed by atoms with van der Waals surface area (Å²) in [6.07, 6.45) is -3.86. The van der Waals surface area contributed by atoms with E-state index in [0.717, 1.165) is 0 Å². The van der Waals surface area contributed by atoms with E-state index in [9.17, 15) is 22.4 Å². The van der Waals surface area contributed by atoms with Crippen LogP contribution in [-0.4, -0.2) is 29.8 Å². The summed E-state index contributed by atoms with van der Waals surface area (Å²) in [5.41, 5.74) is 0.180. The summed E-state index contributed by atoms with van der Waals surface area (Å²) in [6.45, 7) is -1.48. The molecule has 8 heteroatoms. The van der Waals surface area contributed by atoms with Gasteiger partial charge in [-0.3, -0.25) is 4.79 Å². The molecule has 0 atom stereocenters. The maximum atomic E-state index is 12.7. The van der Waals surface area contributed by atoms with Crippen LogP contribution in [0.25, 0.3) is 10.9 Å². The first-order valence-corrected chi connectivity index (χ1v) is 6.18. The minimum atomic E-state index is -4.30. The van der Waals surface area contributed by atoms with Crippen molar-refractivity contribution < 1.29 is 22.4 Å². The highest BCUT2D eigenvalue weighted by atomic mass is 35.5. The smallest absolute Gasteiger partial charge is 0.324 e. The molecule has 1 N–H and O–H groups in total. The number of nitrogens with one attached hydrogen (secondary N) is 1. The van der Waals surface area contributed by atoms with E-state index in [2.05, 4.69) is 4.98 Å². The molecule has 3 nitrogen and oxygen atoms in total. The van der Waals surface area contributed by atoms with Gasteiger partial charge in [-0.1, -0.05) is 29.8 Å². The van der Waals surface area contributed by atoms with Crippen LogP contribution in [0.2, 0.25) is 5.02 Å². The van der Waals surface area contributed by atoms with Crippen molar-refractivity contribution >= 4 is 28.4 Å². The molecule has 1 aromatic heterocycles. The SMILES string of the molecule is O=C(NCC(F)(F)C(F)F)c1cc(Cl)c2ccccc2n1. The first kappa shape index (κ1) is 15.5. The summed E-state index contributed by atoms with van der Waals surface area (Å²) in [7, 11) is 0. The first-order chi connectivity index (χ1) is 9.81. The van der Waals surface area contributed by atoms with Crippen LogP contribution >= 0.6 is 11.6 Å². The Morgan fingerprint density at radius 2 is 2.00 bits per heavy atom. The van der Waals surface area contributed by atoms with Crippen LogP contribution in [0.3, 0.4) is 0 Å². The number of rotatable bonds is 4. The summed E-state index contributed by atoms with van der Waals surface area (Å²) >= 11 is 5.96. The Labute approximate surface area is 121 Å². The van der Waals surface area contributed by atoms with Crippen molar-refractivity contribution in [3.8, 4) is 0 Å². The summed E-state index contributed by atoms with van der Waals surface area (Å²) in [4.78, 5) is 15.7. The minimum absolute atomic E-state index is 0.214. The molecular weight excluding hydrogens is 312 g/mol. The van der Waals surface area contributed by atoms with Crippen molar-refractivity contribution in [1.82, 2.24) is 10.3 Å². The van der Waals surface area contributed by atoms with Gasteiger partial charge in [-0.25, -0.2) is 13.8 Å². The molecule has 0 saturated carbocycles. The van der Waals surface area contributed by atoms with Crippen molar-refractivity contribution in [3.05, 3.63) is 41.0 Å². The second kappa shape index (κ2) is 5.85. The van der Waals surface area contributed by atoms with Crippen LogP contribution in [-0.2, 0) is 0 Å². The zero-order chi connectivity index (χ0) is 15.6. The molecule has 0 spiro atoms. The molecule has 0 fully saturated rings. The van der Waals surface area contributed by atoms with Gasteiger partial charge in [-0.15, -0.1) is 0 Å². The number of nitrogens with zero attached hydrogens (tertiary/aromatic N) is 1. The number of carbonyl (C=O) groups is 1. The number of amides is 1. The van der Waals surface area contributed by atoms with Crippen LogP contribution in [0.4, 0.5) is 17.6 Å². The Hall–Kier alpha value is -1.89. The van der Waals surface area contributed by atoms with Gasteiger partial charge in [0.2, 0.25) is 0 Å². The molecule has 0 aliphatic carbocycles. The van der Waals surface area contributed by atoms with Gasteiger partial charge < -0.3 is 5.32 Å². The van der Waals surface area contributed by atoms with Crippen LogP contribution in [0, 0.1) is 0 Å². The zero-order valence-electron chi connectivity index (χ0n) is 10.4. The fraction of sp³-hybridized carbons (Fsp3) is 0.231. The number of fused-ring (bicyclic) bond motifs is 1. The van der Waals surface area contributed by atoms with Gasteiger partial charge in [0.1, 0.15) is 5.69 Å². The van der Waals surface area contributed by atoms with Crippen molar-refractivity contribution in [1.29, 1.82) is 0 Å². The minimum Gasteiger partial charge on any atom is -0.344 e. The monoisotopic (exact) mass is 320 g/mol. The highest BCUT2D eigenvalue weighted by Crippen LogP contribution is 2.24. The lowest BCUT2D eigenvalue weighted by Crippen LogP contribution is -2.41. The van der Waals surface area contributed by atoms with E-state index in [1.54, 1.807) is 29.6 Å². The molecule has 0 radical (unpaired) electrons. The molecule has 1 heterocycles. The summed E-state index contributed by atoms with van der Waals surface area (Å²) < 4.78 is 49.5. The van der Waals surface area contributed by atoms with E-state index in [0.29, 0.717) is 10.9 Å². The predicted octanol–water partition coefficient (Wildman–Crippen LogP) is 3.52. The Morgan fingerprint density at radius 3 is 2.67 bits per heavy atom. The third-order valence-corrected chi connectivity index (χ3v) is 3.01. The lowest BCUT2D eigenvalue weighted by atomic mass is 10.2. The second-order valence-corrected chi connectivity index (χ2v) is 4.66. The average molecular weight is 321 g/mol. The van der Waals surface area contributed by atoms with Crippen molar-refractivity contribution in [2.75, 3.05) is 6.54 Å². The summed E-state index contributed by atoms with van der Waals surface area (Å²) in [5, 5.41) is 2.53. The highest BCUT2D eigenvalue weighted by Gasteiger charge is 2.40. The van der Waals surface area contributed by atoms with Crippen molar-refractivity contribution in [2.24, 2.45) is 0 Å². The Bertz CT molecular complexity index is 678. The quantitative estimate of drug-likeness (QED) is 0.876. The number of hydrogen-bond donors (Lipinski definition) is 1. The number of carbonyl (C=O) groups excluding carboxylic acids is 1. The molecule has 1 aromatic carbocycles. The van der Waals surface area contributed by atoms with E-state index in [1.165, 1.54) is 6.07 Å². The molecule has 112 valence electrons. The Morgan fingerprint density at radius 1 is 1.33 bits per heavy atom. The maximum absolute atomic E-state index is 12.7. The van der Waals surface area contributed by atoms with Crippen LogP contribution in [0.5, 0.6) is 0 Å². The third kappa shape index (κ3) is 3.41. The van der Waals surface area contributed by atoms with Gasteiger partial charge in [0.05, 0.1) is 17.1 Å². The number of aromatic nitrogens is 1. The topological polar surface area (TPSA) is 42.0 Å². The normalized spacial score (nSPS) is 11.9. The molecule has 0 aliphatic heterocycles. The van der Waals surface area contributed by atoms with Crippen molar-refractivity contribution in [2.45, 2.75) is 12.3 Å². The third-order valence-electron chi connectivity index (χ3n) is 2.70. The number of benzene rings is 1. The Kier molecular flexibility index (Phi) is 4.32. The molecule has 1 amide bonds. The lowest BCUT2D eigenvalue weighted by Gasteiger charge is -2.15. The lowest BCUT2D eigenvalue weighted by molar-refractivity contribution is -0.123. The largest absolute Gasteiger partial charge is 0.344 e. The predicted molar refractivity (Wildman–Crippen MR) is 70.0 cm³/mol. The van der Waals surface area contributed by atoms with Crippen LogP contribution in [0.1, 0.15) is 10.5 Å². The van der Waals surface area contributed by atoms with Crippen molar-refractivity contribution in [3.63, 3.8) is 0 Å². The van der Waals surface area contributed by atoms with Gasteiger partial charge in [0.15, 0.2) is 0 Å². The first-order valence-electron chi connectivity index (χ1n) is 5.81. The molecule has 2 aromatic rings. The van der Waals surface area contributed by atoms with E-state index in [1.807, 2.05) is 0 Å². The standard InChI is InChI=1S/C13H9ClF4N2O/c14-8-5-10(20-9-4-2-1-3-7(8)9)11(21)19-6-13(17,18)12(15)16/h1-5,12H,6H2,(H,19,21). The number of alkyl halides is 4. The number of pyridine rings is 1. The molecule has 2 rings (SSSR count).